The van der Waals surface area contributed by atoms with E-state index >= 15 is 0 Å². The fraction of sp³-hybridized carbons (Fsp3) is 0.639. The van der Waals surface area contributed by atoms with Crippen LogP contribution < -0.4 is 15.4 Å². The summed E-state index contributed by atoms with van der Waals surface area (Å²) in [6.45, 7) is 6.57. The van der Waals surface area contributed by atoms with Gasteiger partial charge in [-0.1, -0.05) is 56.9 Å². The maximum atomic E-state index is 14.2. The van der Waals surface area contributed by atoms with E-state index in [1.165, 1.54) is 16.5 Å². The van der Waals surface area contributed by atoms with Crippen molar-refractivity contribution in [2.24, 2.45) is 5.92 Å². The molecule has 5 amide bonds. The average Bonchev–Trinajstić information content (AvgIpc) is 3.99. The zero-order valence-corrected chi connectivity index (χ0v) is 30.0. The number of amides is 5. The fourth-order valence-electron chi connectivity index (χ4n) is 7.45. The number of nitrogens with zero attached hydrogens (tertiary/aromatic N) is 2. The lowest BCUT2D eigenvalue weighted by molar-refractivity contribution is -0.141. The molecule has 3 N–H and O–H groups in total. The van der Waals surface area contributed by atoms with Crippen molar-refractivity contribution in [3.63, 3.8) is 0 Å². The van der Waals surface area contributed by atoms with E-state index in [9.17, 15) is 32.4 Å². The Morgan fingerprint density at radius 3 is 2.59 bits per heavy atom. The molecule has 6 rings (SSSR count). The summed E-state index contributed by atoms with van der Waals surface area (Å²) in [5, 5.41) is 4.80. The van der Waals surface area contributed by atoms with Crippen LogP contribution in [0.25, 0.3) is 0 Å². The van der Waals surface area contributed by atoms with Gasteiger partial charge in [-0.05, 0) is 61.6 Å². The molecule has 14 nitrogen and oxygen atoms in total. The number of ether oxygens (including phenoxy) is 2. The van der Waals surface area contributed by atoms with Crippen LogP contribution in [0.1, 0.15) is 94.2 Å². The summed E-state index contributed by atoms with van der Waals surface area (Å²) in [4.78, 5) is 71.1. The molecule has 0 aromatic heterocycles. The summed E-state index contributed by atoms with van der Waals surface area (Å²) in [7, 11) is -3.90. The Morgan fingerprint density at radius 1 is 1.10 bits per heavy atom. The number of unbranched alkanes of at least 4 members (excludes halogenated alkanes) is 1. The Bertz CT molecular complexity index is 1660. The average molecular weight is 728 g/mol. The van der Waals surface area contributed by atoms with E-state index in [4.69, 9.17) is 9.47 Å². The van der Waals surface area contributed by atoms with Crippen LogP contribution >= 0.6 is 0 Å². The number of carbonyl (C=O) groups excluding carboxylic acids is 5. The predicted octanol–water partition coefficient (Wildman–Crippen LogP) is 3.18. The molecule has 1 saturated heterocycles. The summed E-state index contributed by atoms with van der Waals surface area (Å²) in [5.74, 6) is -2.62. The Kier molecular flexibility index (Phi) is 10.9. The molecule has 0 spiro atoms. The number of hydrogen-bond acceptors (Lipinski definition) is 9. The number of fused-ring (bicyclic) bond motifs is 3. The Balaban J connectivity index is 1.24. The molecule has 2 saturated carbocycles. The highest BCUT2D eigenvalue weighted by molar-refractivity contribution is 7.91. The molecule has 0 radical (unpaired) electrons. The highest BCUT2D eigenvalue weighted by Crippen LogP contribution is 2.45. The summed E-state index contributed by atoms with van der Waals surface area (Å²) < 4.78 is 38.8. The Labute approximate surface area is 299 Å². The van der Waals surface area contributed by atoms with Crippen LogP contribution in [0, 0.1) is 5.92 Å². The normalized spacial score (nSPS) is 28.6. The van der Waals surface area contributed by atoms with Gasteiger partial charge in [-0.25, -0.2) is 18.0 Å². The minimum atomic E-state index is -3.90. The Hall–Kier alpha value is -4.14. The molecule has 15 heteroatoms. The van der Waals surface area contributed by atoms with Crippen LogP contribution in [0.2, 0.25) is 0 Å². The van der Waals surface area contributed by atoms with E-state index in [2.05, 4.69) is 28.0 Å². The third-order valence-corrected chi connectivity index (χ3v) is 12.5. The van der Waals surface area contributed by atoms with Crippen LogP contribution in [-0.2, 0) is 53.4 Å². The van der Waals surface area contributed by atoms with Crippen LogP contribution in [0.15, 0.2) is 30.9 Å². The van der Waals surface area contributed by atoms with Gasteiger partial charge in [0.25, 0.3) is 5.91 Å². The van der Waals surface area contributed by atoms with E-state index in [1.54, 1.807) is 4.90 Å². The summed E-state index contributed by atoms with van der Waals surface area (Å²) >= 11 is 0. The van der Waals surface area contributed by atoms with Crippen molar-refractivity contribution in [3.8, 4) is 0 Å². The van der Waals surface area contributed by atoms with Gasteiger partial charge in [0.05, 0.1) is 18.4 Å². The molecule has 1 aromatic rings. The molecule has 5 aliphatic rings. The molecule has 3 heterocycles. The lowest BCUT2D eigenvalue weighted by atomic mass is 9.98. The van der Waals surface area contributed by atoms with E-state index < -0.39 is 74.8 Å². The topological polar surface area (TPSA) is 181 Å². The van der Waals surface area contributed by atoms with Gasteiger partial charge >= 0.3 is 12.2 Å². The van der Waals surface area contributed by atoms with Gasteiger partial charge < -0.3 is 25.0 Å². The van der Waals surface area contributed by atoms with Gasteiger partial charge in [0.15, 0.2) is 0 Å². The second kappa shape index (κ2) is 15.2. The van der Waals surface area contributed by atoms with Crippen molar-refractivity contribution < 1.29 is 41.9 Å². The summed E-state index contributed by atoms with van der Waals surface area (Å²) in [6.07, 6.45) is 6.27. The number of rotatable bonds is 9. The molecule has 0 unspecified atom stereocenters. The SMILES string of the molecule is C=C[C@@H]1C[C@@]1(NC(=O)[C@@H]1C[C@@H]2CN1C(=O)[C@H](CCCC)NC(=O)OCCCCCCc1cccc3c1CN(C3)C(=O)O2)C(=O)NS(=O)(=O)C1CC1. The molecular weight excluding hydrogens is 678 g/mol. The van der Waals surface area contributed by atoms with Gasteiger partial charge in [0.1, 0.15) is 23.7 Å². The molecule has 278 valence electrons. The molecule has 3 fully saturated rings. The van der Waals surface area contributed by atoms with Gasteiger partial charge in [-0.15, -0.1) is 6.58 Å². The first kappa shape index (κ1) is 36.6. The van der Waals surface area contributed by atoms with Crippen molar-refractivity contribution in [1.29, 1.82) is 0 Å². The number of nitrogens with one attached hydrogen (secondary N) is 3. The maximum Gasteiger partial charge on any atom is 0.410 e. The van der Waals surface area contributed by atoms with E-state index in [-0.39, 0.29) is 32.4 Å². The second-order valence-electron chi connectivity index (χ2n) is 14.5. The number of cyclic esters (lactones) is 1. The van der Waals surface area contributed by atoms with Gasteiger partial charge in [0, 0.05) is 25.4 Å². The van der Waals surface area contributed by atoms with E-state index in [1.807, 2.05) is 19.1 Å². The third kappa shape index (κ3) is 8.18. The van der Waals surface area contributed by atoms with Crippen molar-refractivity contribution in [1.82, 2.24) is 25.2 Å². The fourth-order valence-corrected chi connectivity index (χ4v) is 8.82. The minimum Gasteiger partial charge on any atom is -0.450 e. The van der Waals surface area contributed by atoms with Gasteiger partial charge in [0.2, 0.25) is 21.8 Å². The van der Waals surface area contributed by atoms with Crippen molar-refractivity contribution >= 4 is 39.9 Å². The molecule has 51 heavy (non-hydrogen) atoms. The maximum absolute atomic E-state index is 14.2. The first-order valence-electron chi connectivity index (χ1n) is 18.2. The number of carbonyl (C=O) groups is 5. The van der Waals surface area contributed by atoms with Crippen molar-refractivity contribution in [3.05, 3.63) is 47.5 Å². The second-order valence-corrected chi connectivity index (χ2v) is 16.4. The van der Waals surface area contributed by atoms with Crippen LogP contribution in [-0.4, -0.2) is 90.3 Å². The molecule has 2 aliphatic carbocycles. The quantitative estimate of drug-likeness (QED) is 0.322. The first-order chi connectivity index (χ1) is 24.5. The molecule has 5 atom stereocenters. The van der Waals surface area contributed by atoms with Crippen molar-refractivity contribution in [2.75, 3.05) is 13.2 Å². The van der Waals surface area contributed by atoms with Crippen LogP contribution in [0.3, 0.4) is 0 Å². The highest BCUT2D eigenvalue weighted by atomic mass is 32.2. The number of sulfonamides is 1. The van der Waals surface area contributed by atoms with Gasteiger partial charge in [-0.3, -0.25) is 24.0 Å². The highest BCUT2D eigenvalue weighted by Gasteiger charge is 2.62. The molecule has 4 bridgehead atoms. The largest absolute Gasteiger partial charge is 0.450 e. The smallest absolute Gasteiger partial charge is 0.410 e. The first-order valence-corrected chi connectivity index (χ1v) is 19.8. The summed E-state index contributed by atoms with van der Waals surface area (Å²) in [6, 6.07) is 3.89. The summed E-state index contributed by atoms with van der Waals surface area (Å²) in [5.41, 5.74) is 1.79. The van der Waals surface area contributed by atoms with Crippen LogP contribution in [0.5, 0.6) is 0 Å². The van der Waals surface area contributed by atoms with E-state index in [0.29, 0.717) is 38.8 Å². The van der Waals surface area contributed by atoms with E-state index in [0.717, 1.165) is 43.2 Å². The number of hydrogen-bond donors (Lipinski definition) is 3. The molecule has 1 aromatic carbocycles. The Morgan fingerprint density at radius 2 is 1.86 bits per heavy atom. The number of alkyl carbamates (subject to hydrolysis) is 1. The lowest BCUT2D eigenvalue weighted by Gasteiger charge is -2.29. The predicted molar refractivity (Wildman–Crippen MR) is 185 cm³/mol. The number of aryl methyl sites for hydroxylation is 1. The zero-order valence-electron chi connectivity index (χ0n) is 29.2. The molecular formula is C36H49N5O9S. The van der Waals surface area contributed by atoms with Crippen molar-refractivity contribution in [2.45, 2.75) is 126 Å². The zero-order chi connectivity index (χ0) is 36.3. The molecule has 3 aliphatic heterocycles. The van der Waals surface area contributed by atoms with Crippen LogP contribution in [0.4, 0.5) is 9.59 Å². The minimum absolute atomic E-state index is 0.0584. The number of benzene rings is 1. The monoisotopic (exact) mass is 727 g/mol. The lowest BCUT2D eigenvalue weighted by Crippen LogP contribution is -2.58. The standard InChI is InChI=1S/C36H49N5O9S/c1-3-5-14-29-32(43)41-21-26(18-30(41)31(42)38-36(19-25(36)4-2)33(44)39-51(47,48)27-15-16-27)50-35(46)40-20-24-13-10-12-23(28(24)22-40)11-8-6-7-9-17-49-34(45)37-29/h4,10,12-13,25-27,29-30H,2-3,5-9,11,14-22H2,1H3,(H,37,45)(H,38,42)(H,39,44)/t25-,26-,29+,30+,36+/m1/s1. The third-order valence-electron chi connectivity index (χ3n) is 10.7. The van der Waals surface area contributed by atoms with Gasteiger partial charge in [-0.2, -0.15) is 0 Å².